The van der Waals surface area contributed by atoms with Crippen molar-refractivity contribution in [2.45, 2.75) is 12.8 Å². The number of anilines is 1. The Hall–Kier alpha value is -1.38. The molecular weight excluding hydrogens is 297 g/mol. The number of nitrogens with two attached hydrogens (primary N) is 1. The van der Waals surface area contributed by atoms with Crippen LogP contribution in [0.15, 0.2) is 18.2 Å². The van der Waals surface area contributed by atoms with Crippen LogP contribution in [0.25, 0.3) is 0 Å². The van der Waals surface area contributed by atoms with Crippen molar-refractivity contribution in [3.63, 3.8) is 0 Å². The second kappa shape index (κ2) is 6.59. The van der Waals surface area contributed by atoms with Gasteiger partial charge in [0.05, 0.1) is 12.8 Å². The third-order valence-electron chi connectivity index (χ3n) is 3.55. The first-order chi connectivity index (χ1) is 9.96. The predicted octanol–water partition coefficient (Wildman–Crippen LogP) is 1.16. The summed E-state index contributed by atoms with van der Waals surface area (Å²) in [5.74, 6) is -0.367. The van der Waals surface area contributed by atoms with Gasteiger partial charge in [-0.15, -0.1) is 0 Å². The van der Waals surface area contributed by atoms with Crippen molar-refractivity contribution < 1.29 is 17.5 Å². The lowest BCUT2D eigenvalue weighted by atomic mass is 10.0. The van der Waals surface area contributed by atoms with Crippen LogP contribution < -0.4 is 15.2 Å². The van der Waals surface area contributed by atoms with Crippen LogP contribution in [0.3, 0.4) is 0 Å². The largest absolute Gasteiger partial charge is 0.494 e. The van der Waals surface area contributed by atoms with E-state index in [0.717, 1.165) is 18.9 Å². The number of piperidine rings is 1. The van der Waals surface area contributed by atoms with Gasteiger partial charge in [-0.2, -0.15) is 12.7 Å². The van der Waals surface area contributed by atoms with Gasteiger partial charge in [0.1, 0.15) is 0 Å². The third kappa shape index (κ3) is 3.84. The lowest BCUT2D eigenvalue weighted by molar-refractivity contribution is 0.273. The van der Waals surface area contributed by atoms with Gasteiger partial charge in [0.2, 0.25) is 0 Å². The van der Waals surface area contributed by atoms with Crippen molar-refractivity contribution in [3.8, 4) is 5.75 Å². The van der Waals surface area contributed by atoms with E-state index in [-0.39, 0.29) is 17.4 Å². The molecule has 6 nitrogen and oxygen atoms in total. The molecule has 118 valence electrons. The standard InChI is InChI=1S/C13H20FN3O3S/c1-20-13-7-11(4-5-12(13)14)16-21(18,19)17-6-2-3-10(8-15)9-17/h4-5,7,10,16H,2-3,6,8-9,15H2,1H3. The number of benzene rings is 1. The van der Waals surface area contributed by atoms with E-state index >= 15 is 0 Å². The Morgan fingerprint density at radius 2 is 2.29 bits per heavy atom. The van der Waals surface area contributed by atoms with Crippen molar-refractivity contribution >= 4 is 15.9 Å². The maximum Gasteiger partial charge on any atom is 0.301 e. The molecular formula is C13H20FN3O3S. The fourth-order valence-electron chi connectivity index (χ4n) is 2.37. The van der Waals surface area contributed by atoms with E-state index in [1.165, 1.54) is 23.5 Å². The third-order valence-corrected chi connectivity index (χ3v) is 5.06. The smallest absolute Gasteiger partial charge is 0.301 e. The van der Waals surface area contributed by atoms with Gasteiger partial charge in [0.25, 0.3) is 0 Å². The molecule has 0 saturated carbocycles. The lowest BCUT2D eigenvalue weighted by Gasteiger charge is -2.31. The fraction of sp³-hybridized carbons (Fsp3) is 0.538. The molecule has 1 heterocycles. The monoisotopic (exact) mass is 317 g/mol. The van der Waals surface area contributed by atoms with Crippen LogP contribution in [0.4, 0.5) is 10.1 Å². The topological polar surface area (TPSA) is 84.7 Å². The molecule has 0 aliphatic carbocycles. The van der Waals surface area contributed by atoms with E-state index in [1.807, 2.05) is 0 Å². The first-order valence-corrected chi connectivity index (χ1v) is 8.21. The van der Waals surface area contributed by atoms with E-state index in [2.05, 4.69) is 4.72 Å². The van der Waals surface area contributed by atoms with E-state index in [0.29, 0.717) is 19.6 Å². The highest BCUT2D eigenvalue weighted by Gasteiger charge is 2.28. The summed E-state index contributed by atoms with van der Waals surface area (Å²) in [7, 11) is -2.34. The second-order valence-electron chi connectivity index (χ2n) is 5.06. The SMILES string of the molecule is COc1cc(NS(=O)(=O)N2CCCC(CN)C2)ccc1F. The molecule has 3 N–H and O–H groups in total. The van der Waals surface area contributed by atoms with Crippen molar-refractivity contribution in [1.29, 1.82) is 0 Å². The van der Waals surface area contributed by atoms with Crippen molar-refractivity contribution in [2.24, 2.45) is 11.7 Å². The number of methoxy groups -OCH3 is 1. The minimum absolute atomic E-state index is 0.00585. The van der Waals surface area contributed by atoms with Crippen molar-refractivity contribution in [3.05, 3.63) is 24.0 Å². The van der Waals surface area contributed by atoms with Crippen molar-refractivity contribution in [1.82, 2.24) is 4.31 Å². The highest BCUT2D eigenvalue weighted by Crippen LogP contribution is 2.24. The Morgan fingerprint density at radius 3 is 2.95 bits per heavy atom. The van der Waals surface area contributed by atoms with Gasteiger partial charge < -0.3 is 10.5 Å². The molecule has 0 aromatic heterocycles. The Morgan fingerprint density at radius 1 is 1.52 bits per heavy atom. The Kier molecular flexibility index (Phi) is 5.02. The molecule has 1 fully saturated rings. The second-order valence-corrected chi connectivity index (χ2v) is 6.73. The van der Waals surface area contributed by atoms with Gasteiger partial charge in [-0.1, -0.05) is 0 Å². The van der Waals surface area contributed by atoms with Gasteiger partial charge in [0.15, 0.2) is 11.6 Å². The van der Waals surface area contributed by atoms with Crippen LogP contribution in [0.1, 0.15) is 12.8 Å². The van der Waals surface area contributed by atoms with E-state index in [4.69, 9.17) is 10.5 Å². The minimum Gasteiger partial charge on any atom is -0.494 e. The molecule has 0 spiro atoms. The summed E-state index contributed by atoms with van der Waals surface area (Å²) in [6, 6.07) is 3.84. The summed E-state index contributed by atoms with van der Waals surface area (Å²) in [6.45, 7) is 1.34. The first kappa shape index (κ1) is 16.0. The molecule has 1 atom stereocenters. The normalized spacial score (nSPS) is 20.2. The van der Waals surface area contributed by atoms with Gasteiger partial charge in [0, 0.05) is 19.2 Å². The predicted molar refractivity (Wildman–Crippen MR) is 78.8 cm³/mol. The molecule has 1 aliphatic rings. The number of hydrogen-bond donors (Lipinski definition) is 2. The molecule has 1 unspecified atom stereocenters. The van der Waals surface area contributed by atoms with Crippen LogP contribution in [0.5, 0.6) is 5.75 Å². The summed E-state index contributed by atoms with van der Waals surface area (Å²) in [5, 5.41) is 0. The Bertz CT molecular complexity index is 594. The quantitative estimate of drug-likeness (QED) is 0.853. The number of halogens is 1. The molecule has 0 amide bonds. The lowest BCUT2D eigenvalue weighted by Crippen LogP contribution is -2.44. The van der Waals surface area contributed by atoms with Crippen molar-refractivity contribution in [2.75, 3.05) is 31.5 Å². The summed E-state index contributed by atoms with van der Waals surface area (Å²) < 4.78 is 46.7. The van der Waals surface area contributed by atoms with E-state index < -0.39 is 16.0 Å². The first-order valence-electron chi connectivity index (χ1n) is 6.77. The molecule has 8 heteroatoms. The van der Waals surface area contributed by atoms with Crippen LogP contribution in [0, 0.1) is 11.7 Å². The van der Waals surface area contributed by atoms with Gasteiger partial charge in [-0.3, -0.25) is 4.72 Å². The van der Waals surface area contributed by atoms with E-state index in [9.17, 15) is 12.8 Å². The van der Waals surface area contributed by atoms with Gasteiger partial charge >= 0.3 is 10.2 Å². The average Bonchev–Trinajstić information content (AvgIpc) is 2.49. The van der Waals surface area contributed by atoms with Gasteiger partial charge in [-0.05, 0) is 37.4 Å². The summed E-state index contributed by atoms with van der Waals surface area (Å²) in [5.41, 5.74) is 5.88. The molecule has 2 rings (SSSR count). The average molecular weight is 317 g/mol. The molecule has 0 radical (unpaired) electrons. The maximum absolute atomic E-state index is 13.3. The highest BCUT2D eigenvalue weighted by atomic mass is 32.2. The van der Waals surface area contributed by atoms with Gasteiger partial charge in [-0.25, -0.2) is 4.39 Å². The fourth-order valence-corrected chi connectivity index (χ4v) is 3.70. The number of nitrogens with one attached hydrogen (secondary N) is 1. The van der Waals surface area contributed by atoms with Crippen LogP contribution in [0.2, 0.25) is 0 Å². The number of nitrogens with zero attached hydrogens (tertiary/aromatic N) is 1. The summed E-state index contributed by atoms with van der Waals surface area (Å²) in [4.78, 5) is 0. The van der Waals surface area contributed by atoms with Crippen LogP contribution >= 0.6 is 0 Å². The van der Waals surface area contributed by atoms with Crippen LogP contribution in [-0.2, 0) is 10.2 Å². The highest BCUT2D eigenvalue weighted by molar-refractivity contribution is 7.90. The summed E-state index contributed by atoms with van der Waals surface area (Å²) >= 11 is 0. The zero-order valence-electron chi connectivity index (χ0n) is 11.9. The Labute approximate surface area is 124 Å². The van der Waals surface area contributed by atoms with E-state index in [1.54, 1.807) is 0 Å². The zero-order valence-corrected chi connectivity index (χ0v) is 12.7. The molecule has 1 saturated heterocycles. The molecule has 1 aliphatic heterocycles. The number of hydrogen-bond acceptors (Lipinski definition) is 4. The van der Waals surface area contributed by atoms with Crippen LogP contribution in [-0.4, -0.2) is 39.5 Å². The molecule has 0 bridgehead atoms. The minimum atomic E-state index is -3.67. The molecule has 1 aromatic rings. The molecule has 21 heavy (non-hydrogen) atoms. The number of rotatable bonds is 5. The summed E-state index contributed by atoms with van der Waals surface area (Å²) in [6.07, 6.45) is 1.72. The Balaban J connectivity index is 2.13. The maximum atomic E-state index is 13.3. The molecule has 1 aromatic carbocycles. The number of ether oxygens (including phenoxy) is 1. The zero-order chi connectivity index (χ0) is 15.5.